The van der Waals surface area contributed by atoms with Crippen molar-refractivity contribution in [2.24, 2.45) is 0 Å². The molecular weight excluding hydrogens is 283 g/mol. The van der Waals surface area contributed by atoms with Crippen molar-refractivity contribution >= 4 is 21.3 Å². The molecule has 0 aliphatic carbocycles. The van der Waals surface area contributed by atoms with Gasteiger partial charge >= 0.3 is 6.18 Å². The van der Waals surface area contributed by atoms with Gasteiger partial charge in [0, 0.05) is 6.20 Å². The zero-order valence-corrected chi connectivity index (χ0v) is 10.6. The van der Waals surface area contributed by atoms with Crippen molar-refractivity contribution in [3.63, 3.8) is 0 Å². The van der Waals surface area contributed by atoms with Gasteiger partial charge in [0.25, 0.3) is 0 Å². The molecule has 0 fully saturated rings. The Balaban J connectivity index is 2.81. The standard InChI is InChI=1S/C10H10F3N3O2S/c1-2-19(17,18)9-8(14)15-7-4-3-6(5-16(7)9)10(11,12)13/h3-5H,2,14H2,1H3. The zero-order chi connectivity index (χ0) is 14.4. The van der Waals surface area contributed by atoms with E-state index in [2.05, 4.69) is 4.98 Å². The van der Waals surface area contributed by atoms with E-state index in [1.165, 1.54) is 6.92 Å². The van der Waals surface area contributed by atoms with Crippen LogP contribution >= 0.6 is 0 Å². The number of hydrogen-bond donors (Lipinski definition) is 1. The molecular formula is C10H10F3N3O2S. The topological polar surface area (TPSA) is 77.5 Å². The highest BCUT2D eigenvalue weighted by atomic mass is 32.2. The second kappa shape index (κ2) is 4.12. The molecule has 0 aliphatic rings. The van der Waals surface area contributed by atoms with Crippen LogP contribution in [0.25, 0.3) is 5.65 Å². The van der Waals surface area contributed by atoms with E-state index in [9.17, 15) is 21.6 Å². The van der Waals surface area contributed by atoms with E-state index in [1.54, 1.807) is 0 Å². The lowest BCUT2D eigenvalue weighted by molar-refractivity contribution is -0.137. The molecule has 0 atom stereocenters. The summed E-state index contributed by atoms with van der Waals surface area (Å²) < 4.78 is 62.4. The normalized spacial score (nSPS) is 13.1. The third-order valence-corrected chi connectivity index (χ3v) is 4.36. The van der Waals surface area contributed by atoms with E-state index in [-0.39, 0.29) is 17.2 Å². The Morgan fingerprint density at radius 1 is 1.37 bits per heavy atom. The summed E-state index contributed by atoms with van der Waals surface area (Å²) in [5, 5.41) is -0.406. The minimum atomic E-state index is -4.57. The van der Waals surface area contributed by atoms with Crippen molar-refractivity contribution in [2.75, 3.05) is 11.5 Å². The molecule has 0 saturated heterocycles. The highest BCUT2D eigenvalue weighted by Gasteiger charge is 2.32. The highest BCUT2D eigenvalue weighted by molar-refractivity contribution is 7.91. The third-order valence-electron chi connectivity index (χ3n) is 2.60. The Hall–Kier alpha value is -1.77. The quantitative estimate of drug-likeness (QED) is 0.914. The number of nitrogens with zero attached hydrogens (tertiary/aromatic N) is 2. The maximum absolute atomic E-state index is 12.6. The van der Waals surface area contributed by atoms with Crippen molar-refractivity contribution in [3.8, 4) is 0 Å². The molecule has 0 amide bonds. The molecule has 2 rings (SSSR count). The summed E-state index contributed by atoms with van der Waals surface area (Å²) in [4.78, 5) is 3.74. The number of sulfone groups is 1. The average molecular weight is 293 g/mol. The summed E-state index contributed by atoms with van der Waals surface area (Å²) >= 11 is 0. The number of halogens is 3. The number of aromatic nitrogens is 2. The monoisotopic (exact) mass is 293 g/mol. The van der Waals surface area contributed by atoms with Gasteiger partial charge in [0.05, 0.1) is 11.3 Å². The number of imidazole rings is 1. The van der Waals surface area contributed by atoms with Gasteiger partial charge in [-0.05, 0) is 12.1 Å². The van der Waals surface area contributed by atoms with E-state index in [0.717, 1.165) is 16.5 Å². The Morgan fingerprint density at radius 3 is 2.53 bits per heavy atom. The fourth-order valence-electron chi connectivity index (χ4n) is 1.65. The van der Waals surface area contributed by atoms with Crippen LogP contribution in [-0.4, -0.2) is 23.6 Å². The maximum atomic E-state index is 12.6. The molecule has 9 heteroatoms. The van der Waals surface area contributed by atoms with Crippen LogP contribution in [0.15, 0.2) is 23.4 Å². The lowest BCUT2D eigenvalue weighted by Gasteiger charge is -2.08. The van der Waals surface area contributed by atoms with Crippen LogP contribution < -0.4 is 5.73 Å². The number of alkyl halides is 3. The van der Waals surface area contributed by atoms with Gasteiger partial charge in [-0.2, -0.15) is 13.2 Å². The van der Waals surface area contributed by atoms with Gasteiger partial charge < -0.3 is 5.73 Å². The number of nitrogens with two attached hydrogens (primary N) is 1. The summed E-state index contributed by atoms with van der Waals surface area (Å²) in [7, 11) is -3.77. The Kier molecular flexibility index (Phi) is 2.96. The second-order valence-electron chi connectivity index (χ2n) is 3.85. The first-order chi connectivity index (χ1) is 8.66. The number of nitrogen functional groups attached to an aromatic ring is 1. The van der Waals surface area contributed by atoms with E-state index < -0.39 is 26.6 Å². The summed E-state index contributed by atoms with van der Waals surface area (Å²) in [5.74, 6) is -0.581. The fourth-order valence-corrected chi connectivity index (χ4v) is 2.74. The van der Waals surface area contributed by atoms with Gasteiger partial charge in [0.2, 0.25) is 0 Å². The van der Waals surface area contributed by atoms with Crippen LogP contribution in [-0.2, 0) is 16.0 Å². The Labute approximate surface area is 106 Å². The lowest BCUT2D eigenvalue weighted by atomic mass is 10.3. The number of fused-ring (bicyclic) bond motifs is 1. The van der Waals surface area contributed by atoms with E-state index >= 15 is 0 Å². The first-order valence-corrected chi connectivity index (χ1v) is 6.89. The lowest BCUT2D eigenvalue weighted by Crippen LogP contribution is -2.11. The number of rotatable bonds is 2. The van der Waals surface area contributed by atoms with Crippen LogP contribution in [0.1, 0.15) is 12.5 Å². The molecule has 0 bridgehead atoms. The summed E-state index contributed by atoms with van der Waals surface area (Å²) in [6, 6.07) is 1.90. The van der Waals surface area contributed by atoms with Crippen molar-refractivity contribution < 1.29 is 21.6 Å². The van der Waals surface area contributed by atoms with Crippen molar-refractivity contribution in [3.05, 3.63) is 23.9 Å². The molecule has 5 nitrogen and oxygen atoms in total. The summed E-state index contributed by atoms with van der Waals surface area (Å²) in [6.07, 6.45) is -3.89. The molecule has 104 valence electrons. The molecule has 0 unspecified atom stereocenters. The summed E-state index contributed by atoms with van der Waals surface area (Å²) in [5.41, 5.74) is 4.57. The highest BCUT2D eigenvalue weighted by Crippen LogP contribution is 2.31. The fraction of sp³-hybridized carbons (Fsp3) is 0.300. The van der Waals surface area contributed by atoms with Crippen LogP contribution in [0.5, 0.6) is 0 Å². The number of pyridine rings is 1. The van der Waals surface area contributed by atoms with Crippen molar-refractivity contribution in [1.29, 1.82) is 0 Å². The Bertz CT molecular complexity index is 734. The molecule has 0 aliphatic heterocycles. The van der Waals surface area contributed by atoms with Crippen LogP contribution in [0.3, 0.4) is 0 Å². The molecule has 0 radical (unpaired) electrons. The zero-order valence-electron chi connectivity index (χ0n) is 9.77. The van der Waals surface area contributed by atoms with Gasteiger partial charge in [0.1, 0.15) is 5.65 Å². The Morgan fingerprint density at radius 2 is 2.00 bits per heavy atom. The van der Waals surface area contributed by atoms with Crippen molar-refractivity contribution in [2.45, 2.75) is 18.1 Å². The largest absolute Gasteiger partial charge is 0.417 e. The first-order valence-electron chi connectivity index (χ1n) is 5.24. The molecule has 2 aromatic heterocycles. The van der Waals surface area contributed by atoms with Gasteiger partial charge in [-0.25, -0.2) is 13.4 Å². The minimum absolute atomic E-state index is 0.0533. The molecule has 0 saturated carbocycles. The van der Waals surface area contributed by atoms with Gasteiger partial charge in [-0.15, -0.1) is 0 Å². The predicted molar refractivity (Wildman–Crippen MR) is 62.3 cm³/mol. The molecule has 19 heavy (non-hydrogen) atoms. The van der Waals surface area contributed by atoms with Crippen LogP contribution in [0, 0.1) is 0 Å². The molecule has 0 spiro atoms. The number of hydrogen-bond acceptors (Lipinski definition) is 4. The van der Waals surface area contributed by atoms with Gasteiger partial charge in [-0.3, -0.25) is 4.40 Å². The van der Waals surface area contributed by atoms with Crippen LogP contribution in [0.4, 0.5) is 19.0 Å². The predicted octanol–water partition coefficient (Wildman–Crippen LogP) is 1.73. The van der Waals surface area contributed by atoms with Gasteiger partial charge in [0.15, 0.2) is 20.7 Å². The summed E-state index contributed by atoms with van der Waals surface area (Å²) in [6.45, 7) is 1.38. The molecule has 2 aromatic rings. The first kappa shape index (κ1) is 13.7. The molecule has 2 heterocycles. The van der Waals surface area contributed by atoms with E-state index in [1.807, 2.05) is 0 Å². The minimum Gasteiger partial charge on any atom is -0.381 e. The smallest absolute Gasteiger partial charge is 0.381 e. The maximum Gasteiger partial charge on any atom is 0.417 e. The second-order valence-corrected chi connectivity index (χ2v) is 6.04. The third kappa shape index (κ3) is 2.25. The van der Waals surface area contributed by atoms with Crippen molar-refractivity contribution in [1.82, 2.24) is 9.38 Å². The van der Waals surface area contributed by atoms with Gasteiger partial charge in [-0.1, -0.05) is 6.92 Å². The van der Waals surface area contributed by atoms with Crippen LogP contribution in [0.2, 0.25) is 0 Å². The SMILES string of the molecule is CCS(=O)(=O)c1c(N)nc2ccc(C(F)(F)F)cn12. The molecule has 2 N–H and O–H groups in total. The molecule has 0 aromatic carbocycles. The average Bonchev–Trinajstić information content (AvgIpc) is 2.63. The van der Waals surface area contributed by atoms with E-state index in [0.29, 0.717) is 6.20 Å². The van der Waals surface area contributed by atoms with E-state index in [4.69, 9.17) is 5.73 Å². The number of anilines is 1.